The molecular weight excluding hydrogens is 274 g/mol. The van der Waals surface area contributed by atoms with Gasteiger partial charge >= 0.3 is 5.69 Å². The minimum atomic E-state index is -0.505. The molecule has 1 amide bonds. The van der Waals surface area contributed by atoms with Crippen LogP contribution in [-0.4, -0.2) is 42.0 Å². The first-order chi connectivity index (χ1) is 10.0. The highest BCUT2D eigenvalue weighted by molar-refractivity contribution is 5.82. The lowest BCUT2D eigenvalue weighted by Crippen LogP contribution is -2.35. The van der Waals surface area contributed by atoms with E-state index in [1.54, 1.807) is 30.0 Å². The number of nitrogens with one attached hydrogen (secondary N) is 1. The molecule has 0 aliphatic rings. The average Bonchev–Trinajstić information content (AvgIpc) is 2.46. The third kappa shape index (κ3) is 4.34. The van der Waals surface area contributed by atoms with Crippen molar-refractivity contribution in [2.24, 2.45) is 0 Å². The van der Waals surface area contributed by atoms with E-state index in [1.807, 2.05) is 13.8 Å². The molecule has 0 saturated carbocycles. The first-order valence-electron chi connectivity index (χ1n) is 6.96. The van der Waals surface area contributed by atoms with E-state index in [4.69, 9.17) is 4.74 Å². The Morgan fingerprint density at radius 2 is 2.00 bits per heavy atom. The van der Waals surface area contributed by atoms with E-state index >= 15 is 0 Å². The smallest absolute Gasteiger partial charge is 0.333 e. The summed E-state index contributed by atoms with van der Waals surface area (Å²) in [6.45, 7) is 7.10. The maximum absolute atomic E-state index is 11.9. The van der Waals surface area contributed by atoms with Crippen molar-refractivity contribution in [2.45, 2.75) is 20.8 Å². The molecule has 1 N–H and O–H groups in total. The van der Waals surface area contributed by atoms with Crippen LogP contribution in [0.25, 0.3) is 0 Å². The van der Waals surface area contributed by atoms with Crippen LogP contribution in [0.2, 0.25) is 0 Å². The molecule has 0 heterocycles. The van der Waals surface area contributed by atoms with Gasteiger partial charge in [-0.1, -0.05) is 6.07 Å². The standard InChI is InChI=1S/C14H21N3O4/c1-4-16(5-2)13(18)10-15-11-8-7-9-12(21-6-3)14(11)17(19)20/h7-9,15H,4-6,10H2,1-3H3. The molecule has 0 bridgehead atoms. The van der Waals surface area contributed by atoms with Gasteiger partial charge in [-0.25, -0.2) is 0 Å². The zero-order chi connectivity index (χ0) is 15.8. The Hall–Kier alpha value is -2.31. The van der Waals surface area contributed by atoms with Gasteiger partial charge in [-0.3, -0.25) is 14.9 Å². The fourth-order valence-electron chi connectivity index (χ4n) is 1.98. The van der Waals surface area contributed by atoms with Crippen molar-refractivity contribution in [2.75, 3.05) is 31.6 Å². The molecular formula is C14H21N3O4. The number of rotatable bonds is 8. The summed E-state index contributed by atoms with van der Waals surface area (Å²) in [6.07, 6.45) is 0. The molecule has 1 aromatic carbocycles. The van der Waals surface area contributed by atoms with Crippen molar-refractivity contribution >= 4 is 17.3 Å². The highest BCUT2D eigenvalue weighted by Crippen LogP contribution is 2.34. The number of para-hydroxylation sites is 1. The topological polar surface area (TPSA) is 84.7 Å². The Kier molecular flexibility index (Phi) is 6.45. The lowest BCUT2D eigenvalue weighted by molar-refractivity contribution is -0.384. The molecule has 0 saturated heterocycles. The third-order valence-corrected chi connectivity index (χ3v) is 3.03. The maximum atomic E-state index is 11.9. The quantitative estimate of drug-likeness (QED) is 0.587. The van der Waals surface area contributed by atoms with Crippen molar-refractivity contribution in [1.82, 2.24) is 4.90 Å². The van der Waals surface area contributed by atoms with Gasteiger partial charge < -0.3 is 15.0 Å². The molecule has 0 spiro atoms. The molecule has 0 aliphatic heterocycles. The van der Waals surface area contributed by atoms with E-state index in [-0.39, 0.29) is 29.6 Å². The summed E-state index contributed by atoms with van der Waals surface area (Å²) >= 11 is 0. The van der Waals surface area contributed by atoms with Crippen LogP contribution in [0.5, 0.6) is 5.75 Å². The third-order valence-electron chi connectivity index (χ3n) is 3.03. The zero-order valence-electron chi connectivity index (χ0n) is 12.6. The molecule has 7 nitrogen and oxygen atoms in total. The van der Waals surface area contributed by atoms with Gasteiger partial charge in [0.2, 0.25) is 5.91 Å². The SMILES string of the molecule is CCOc1cccc(NCC(=O)N(CC)CC)c1[N+](=O)[O-]. The van der Waals surface area contributed by atoms with Crippen LogP contribution >= 0.6 is 0 Å². The van der Waals surface area contributed by atoms with Gasteiger partial charge in [0.05, 0.1) is 18.1 Å². The molecule has 21 heavy (non-hydrogen) atoms. The molecule has 0 fully saturated rings. The second-order valence-electron chi connectivity index (χ2n) is 4.26. The Morgan fingerprint density at radius 3 is 2.52 bits per heavy atom. The molecule has 0 atom stereocenters. The number of hydrogen-bond donors (Lipinski definition) is 1. The Labute approximate surface area is 124 Å². The van der Waals surface area contributed by atoms with E-state index in [0.717, 1.165) is 0 Å². The highest BCUT2D eigenvalue weighted by atomic mass is 16.6. The van der Waals surface area contributed by atoms with Crippen LogP contribution in [0, 0.1) is 10.1 Å². The van der Waals surface area contributed by atoms with E-state index in [9.17, 15) is 14.9 Å². The summed E-state index contributed by atoms with van der Waals surface area (Å²) < 4.78 is 5.26. The maximum Gasteiger partial charge on any atom is 0.333 e. The molecule has 1 rings (SSSR count). The number of hydrogen-bond acceptors (Lipinski definition) is 5. The van der Waals surface area contributed by atoms with Crippen molar-refractivity contribution in [3.8, 4) is 5.75 Å². The van der Waals surface area contributed by atoms with Crippen LogP contribution in [-0.2, 0) is 4.79 Å². The van der Waals surface area contributed by atoms with Gasteiger partial charge in [-0.2, -0.15) is 0 Å². The van der Waals surface area contributed by atoms with Crippen LogP contribution in [0.15, 0.2) is 18.2 Å². The largest absolute Gasteiger partial charge is 0.487 e. The van der Waals surface area contributed by atoms with Crippen LogP contribution in [0.3, 0.4) is 0 Å². The zero-order valence-corrected chi connectivity index (χ0v) is 12.6. The van der Waals surface area contributed by atoms with Crippen LogP contribution < -0.4 is 10.1 Å². The van der Waals surface area contributed by atoms with Crippen molar-refractivity contribution < 1.29 is 14.5 Å². The average molecular weight is 295 g/mol. The summed E-state index contributed by atoms with van der Waals surface area (Å²) in [5, 5.41) is 14.0. The minimum Gasteiger partial charge on any atom is -0.487 e. The van der Waals surface area contributed by atoms with Gasteiger partial charge in [-0.15, -0.1) is 0 Å². The van der Waals surface area contributed by atoms with Crippen LogP contribution in [0.1, 0.15) is 20.8 Å². The fourth-order valence-corrected chi connectivity index (χ4v) is 1.98. The first-order valence-corrected chi connectivity index (χ1v) is 6.96. The number of ether oxygens (including phenoxy) is 1. The summed E-state index contributed by atoms with van der Waals surface area (Å²) in [6, 6.07) is 4.76. The minimum absolute atomic E-state index is 0.0120. The summed E-state index contributed by atoms with van der Waals surface area (Å²) in [5.41, 5.74) is 0.137. The van der Waals surface area contributed by atoms with Crippen molar-refractivity contribution in [3.63, 3.8) is 0 Å². The summed E-state index contributed by atoms with van der Waals surface area (Å²) in [7, 11) is 0. The molecule has 0 aliphatic carbocycles. The highest BCUT2D eigenvalue weighted by Gasteiger charge is 2.21. The number of anilines is 1. The molecule has 116 valence electrons. The lowest BCUT2D eigenvalue weighted by atomic mass is 10.2. The van der Waals surface area contributed by atoms with E-state index in [0.29, 0.717) is 19.7 Å². The second-order valence-corrected chi connectivity index (χ2v) is 4.26. The van der Waals surface area contributed by atoms with E-state index in [1.165, 1.54) is 0 Å². The Bertz CT molecular complexity index is 501. The number of nitro benzene ring substituents is 1. The van der Waals surface area contributed by atoms with E-state index < -0.39 is 4.92 Å². The van der Waals surface area contributed by atoms with Gasteiger partial charge in [0.1, 0.15) is 5.69 Å². The summed E-state index contributed by atoms with van der Waals surface area (Å²) in [4.78, 5) is 24.3. The van der Waals surface area contributed by atoms with Crippen molar-refractivity contribution in [1.29, 1.82) is 0 Å². The fraction of sp³-hybridized carbons (Fsp3) is 0.500. The normalized spacial score (nSPS) is 10.0. The van der Waals surface area contributed by atoms with Crippen molar-refractivity contribution in [3.05, 3.63) is 28.3 Å². The van der Waals surface area contributed by atoms with Gasteiger partial charge in [0, 0.05) is 13.1 Å². The Morgan fingerprint density at radius 1 is 1.33 bits per heavy atom. The van der Waals surface area contributed by atoms with Gasteiger partial charge in [0.25, 0.3) is 0 Å². The summed E-state index contributed by atoms with van der Waals surface area (Å²) in [5.74, 6) is 0.0962. The van der Waals surface area contributed by atoms with Gasteiger partial charge in [0.15, 0.2) is 5.75 Å². The lowest BCUT2D eigenvalue weighted by Gasteiger charge is -2.19. The molecule has 7 heteroatoms. The molecule has 0 unspecified atom stereocenters. The first kappa shape index (κ1) is 16.7. The number of carbonyl (C=O) groups is 1. The number of likely N-dealkylation sites (N-methyl/N-ethyl adjacent to an activating group) is 1. The van der Waals surface area contributed by atoms with Crippen LogP contribution in [0.4, 0.5) is 11.4 Å². The van der Waals surface area contributed by atoms with E-state index in [2.05, 4.69) is 5.32 Å². The predicted molar refractivity (Wildman–Crippen MR) is 80.7 cm³/mol. The Balaban J connectivity index is 2.90. The number of nitro groups is 1. The predicted octanol–water partition coefficient (Wildman–Crippen LogP) is 2.27. The number of carbonyl (C=O) groups excluding carboxylic acids is 1. The second kappa shape index (κ2) is 8.08. The van der Waals surface area contributed by atoms with Gasteiger partial charge in [-0.05, 0) is 32.9 Å². The molecule has 1 aromatic rings. The molecule has 0 radical (unpaired) electrons. The molecule has 0 aromatic heterocycles. The monoisotopic (exact) mass is 295 g/mol. The number of amides is 1. The number of benzene rings is 1. The number of nitrogens with zero attached hydrogens (tertiary/aromatic N) is 2.